The number of rotatable bonds is 1. The maximum Gasteiger partial charge on any atom is 0.254 e. The third-order valence-electron chi connectivity index (χ3n) is 3.48. The van der Waals surface area contributed by atoms with Crippen molar-refractivity contribution in [2.75, 3.05) is 12.3 Å². The molecule has 3 nitrogen and oxygen atoms in total. The van der Waals surface area contributed by atoms with Gasteiger partial charge in [0, 0.05) is 28.9 Å². The van der Waals surface area contributed by atoms with E-state index in [0.717, 1.165) is 19.4 Å². The third-order valence-corrected chi connectivity index (χ3v) is 3.70. The molecule has 1 aromatic carbocycles. The van der Waals surface area contributed by atoms with Crippen LogP contribution in [-0.2, 0) is 0 Å². The van der Waals surface area contributed by atoms with Gasteiger partial charge in [-0.3, -0.25) is 4.79 Å². The summed E-state index contributed by atoms with van der Waals surface area (Å²) < 4.78 is 0. The number of nitrogens with two attached hydrogens (primary N) is 1. The number of nitrogen functional groups attached to an aromatic ring is 1. The summed E-state index contributed by atoms with van der Waals surface area (Å²) in [6.45, 7) is 2.93. The highest BCUT2D eigenvalue weighted by Crippen LogP contribution is 2.22. The molecule has 2 N–H and O–H groups in total. The van der Waals surface area contributed by atoms with Crippen LogP contribution in [0.1, 0.15) is 43.0 Å². The molecule has 0 saturated carbocycles. The summed E-state index contributed by atoms with van der Waals surface area (Å²) in [6, 6.07) is 5.34. The second-order valence-electron chi connectivity index (χ2n) is 4.97. The summed E-state index contributed by atoms with van der Waals surface area (Å²) in [7, 11) is 0. The van der Waals surface area contributed by atoms with Crippen molar-refractivity contribution in [2.24, 2.45) is 0 Å². The summed E-state index contributed by atoms with van der Waals surface area (Å²) >= 11 is 5.95. The zero-order valence-electron chi connectivity index (χ0n) is 10.7. The fourth-order valence-corrected chi connectivity index (χ4v) is 2.72. The number of hydrogen-bond acceptors (Lipinski definition) is 2. The molecule has 1 aliphatic rings. The second-order valence-corrected chi connectivity index (χ2v) is 5.41. The summed E-state index contributed by atoms with van der Waals surface area (Å²) in [5, 5.41) is 0.515. The minimum Gasteiger partial charge on any atom is -0.399 e. The number of halogens is 1. The van der Waals surface area contributed by atoms with E-state index in [2.05, 4.69) is 6.92 Å². The lowest BCUT2D eigenvalue weighted by atomic mass is 10.1. The van der Waals surface area contributed by atoms with Gasteiger partial charge in [-0.15, -0.1) is 0 Å². The zero-order chi connectivity index (χ0) is 13.1. The first-order chi connectivity index (χ1) is 8.58. The van der Waals surface area contributed by atoms with Gasteiger partial charge in [0.25, 0.3) is 5.91 Å². The van der Waals surface area contributed by atoms with Crippen LogP contribution in [0.3, 0.4) is 0 Å². The van der Waals surface area contributed by atoms with E-state index in [9.17, 15) is 4.79 Å². The van der Waals surface area contributed by atoms with Crippen LogP contribution < -0.4 is 5.73 Å². The smallest absolute Gasteiger partial charge is 0.254 e. The highest BCUT2D eigenvalue weighted by molar-refractivity contribution is 6.31. The van der Waals surface area contributed by atoms with E-state index in [1.807, 2.05) is 4.90 Å². The van der Waals surface area contributed by atoms with Gasteiger partial charge in [0.2, 0.25) is 0 Å². The van der Waals surface area contributed by atoms with E-state index < -0.39 is 0 Å². The lowest BCUT2D eigenvalue weighted by Crippen LogP contribution is -2.38. The molecular formula is C14H19ClN2O. The van der Waals surface area contributed by atoms with E-state index in [-0.39, 0.29) is 5.91 Å². The predicted molar refractivity (Wildman–Crippen MR) is 74.8 cm³/mol. The topological polar surface area (TPSA) is 46.3 Å². The first kappa shape index (κ1) is 13.2. The minimum atomic E-state index is 0.0404. The number of hydrogen-bond donors (Lipinski definition) is 1. The van der Waals surface area contributed by atoms with Crippen molar-refractivity contribution in [3.8, 4) is 0 Å². The van der Waals surface area contributed by atoms with Gasteiger partial charge in [-0.25, -0.2) is 0 Å². The normalized spacial score (nSPS) is 20.6. The van der Waals surface area contributed by atoms with Gasteiger partial charge in [-0.2, -0.15) is 0 Å². The zero-order valence-corrected chi connectivity index (χ0v) is 11.4. The van der Waals surface area contributed by atoms with E-state index in [1.54, 1.807) is 18.2 Å². The van der Waals surface area contributed by atoms with Gasteiger partial charge in [0.15, 0.2) is 0 Å². The number of carbonyl (C=O) groups is 1. The molecule has 1 atom stereocenters. The number of anilines is 1. The first-order valence-electron chi connectivity index (χ1n) is 6.45. The number of amides is 1. The Morgan fingerprint density at radius 2 is 2.11 bits per heavy atom. The molecule has 0 aromatic heterocycles. The Hall–Kier alpha value is -1.22. The van der Waals surface area contributed by atoms with E-state index in [1.165, 1.54) is 12.8 Å². The Labute approximate surface area is 113 Å². The van der Waals surface area contributed by atoms with E-state index in [4.69, 9.17) is 17.3 Å². The van der Waals surface area contributed by atoms with Gasteiger partial charge in [-0.05, 0) is 38.0 Å². The average Bonchev–Trinajstić information content (AvgIpc) is 2.51. The maximum atomic E-state index is 12.5. The van der Waals surface area contributed by atoms with E-state index in [0.29, 0.717) is 22.3 Å². The molecule has 1 aliphatic heterocycles. The predicted octanol–water partition coefficient (Wildman–Crippen LogP) is 3.33. The molecule has 0 bridgehead atoms. The number of nitrogens with zero attached hydrogens (tertiary/aromatic N) is 1. The summed E-state index contributed by atoms with van der Waals surface area (Å²) in [4.78, 5) is 14.4. The highest BCUT2D eigenvalue weighted by atomic mass is 35.5. The summed E-state index contributed by atoms with van der Waals surface area (Å²) in [6.07, 6.45) is 4.54. The molecule has 1 heterocycles. The Balaban J connectivity index is 2.23. The molecule has 0 radical (unpaired) electrons. The highest BCUT2D eigenvalue weighted by Gasteiger charge is 2.23. The van der Waals surface area contributed by atoms with Gasteiger partial charge in [0.1, 0.15) is 0 Å². The molecule has 2 rings (SSSR count). The van der Waals surface area contributed by atoms with Crippen LogP contribution >= 0.6 is 11.6 Å². The van der Waals surface area contributed by atoms with Crippen LogP contribution in [0.4, 0.5) is 5.69 Å². The summed E-state index contributed by atoms with van der Waals surface area (Å²) in [5.74, 6) is 0.0404. The molecule has 98 valence electrons. The van der Waals surface area contributed by atoms with Crippen molar-refractivity contribution in [2.45, 2.75) is 38.6 Å². The molecule has 4 heteroatoms. The molecule has 1 fully saturated rings. The average molecular weight is 267 g/mol. The molecule has 18 heavy (non-hydrogen) atoms. The maximum absolute atomic E-state index is 12.5. The largest absolute Gasteiger partial charge is 0.399 e. The molecule has 1 aromatic rings. The van der Waals surface area contributed by atoms with Crippen molar-refractivity contribution in [3.63, 3.8) is 0 Å². The molecular weight excluding hydrogens is 248 g/mol. The van der Waals surface area contributed by atoms with Crippen LogP contribution in [0.2, 0.25) is 5.02 Å². The third kappa shape index (κ3) is 2.96. The van der Waals surface area contributed by atoms with Crippen LogP contribution in [-0.4, -0.2) is 23.4 Å². The lowest BCUT2D eigenvalue weighted by Gasteiger charge is -2.27. The van der Waals surface area contributed by atoms with Crippen molar-refractivity contribution < 1.29 is 4.79 Å². The van der Waals surface area contributed by atoms with Crippen molar-refractivity contribution in [3.05, 3.63) is 28.8 Å². The monoisotopic (exact) mass is 266 g/mol. The van der Waals surface area contributed by atoms with Gasteiger partial charge in [0.05, 0.1) is 0 Å². The minimum absolute atomic E-state index is 0.0404. The number of carbonyl (C=O) groups excluding carboxylic acids is 1. The van der Waals surface area contributed by atoms with Crippen LogP contribution in [0, 0.1) is 0 Å². The Morgan fingerprint density at radius 3 is 2.83 bits per heavy atom. The molecule has 0 spiro atoms. The summed E-state index contributed by atoms with van der Waals surface area (Å²) in [5.41, 5.74) is 6.86. The van der Waals surface area contributed by atoms with Gasteiger partial charge in [-0.1, -0.05) is 24.4 Å². The van der Waals surface area contributed by atoms with Crippen molar-refractivity contribution in [1.29, 1.82) is 0 Å². The number of benzene rings is 1. The van der Waals surface area contributed by atoms with Crippen LogP contribution in [0.15, 0.2) is 18.2 Å². The van der Waals surface area contributed by atoms with Crippen molar-refractivity contribution >= 4 is 23.2 Å². The lowest BCUT2D eigenvalue weighted by molar-refractivity contribution is 0.0698. The Morgan fingerprint density at radius 1 is 1.33 bits per heavy atom. The SMILES string of the molecule is CC1CCCCCN1C(=O)c1cc(N)cc(Cl)c1. The van der Waals surface area contributed by atoms with E-state index >= 15 is 0 Å². The number of likely N-dealkylation sites (tertiary alicyclic amines) is 1. The fraction of sp³-hybridized carbons (Fsp3) is 0.500. The standard InChI is InChI=1S/C14H19ClN2O/c1-10-5-3-2-4-6-17(10)14(18)11-7-12(15)9-13(16)8-11/h7-10H,2-6,16H2,1H3. The first-order valence-corrected chi connectivity index (χ1v) is 6.83. The van der Waals surface area contributed by atoms with Gasteiger partial charge >= 0.3 is 0 Å². The van der Waals surface area contributed by atoms with Crippen LogP contribution in [0.25, 0.3) is 0 Å². The Kier molecular flexibility index (Phi) is 4.12. The van der Waals surface area contributed by atoms with Crippen LogP contribution in [0.5, 0.6) is 0 Å². The molecule has 0 aliphatic carbocycles. The van der Waals surface area contributed by atoms with Gasteiger partial charge < -0.3 is 10.6 Å². The van der Waals surface area contributed by atoms with Crippen molar-refractivity contribution in [1.82, 2.24) is 4.90 Å². The molecule has 1 saturated heterocycles. The molecule has 1 amide bonds. The fourth-order valence-electron chi connectivity index (χ4n) is 2.48. The quantitative estimate of drug-likeness (QED) is 0.793. The second kappa shape index (κ2) is 5.61. The Bertz CT molecular complexity index is 427. The molecule has 1 unspecified atom stereocenters.